The molecule has 112 valence electrons. The molecule has 0 aliphatic rings. The summed E-state index contributed by atoms with van der Waals surface area (Å²) in [7, 11) is 1.66. The summed E-state index contributed by atoms with van der Waals surface area (Å²) < 4.78 is 10.8. The lowest BCUT2D eigenvalue weighted by Crippen LogP contribution is -2.14. The Morgan fingerprint density at radius 1 is 1.00 bits per heavy atom. The van der Waals surface area contributed by atoms with Gasteiger partial charge >= 0.3 is 0 Å². The highest BCUT2D eigenvalue weighted by Gasteiger charge is 2.13. The fraction of sp³-hybridized carbons (Fsp3) is 0.333. The van der Waals surface area contributed by atoms with Gasteiger partial charge in [0, 0.05) is 12.7 Å². The highest BCUT2D eigenvalue weighted by molar-refractivity contribution is 5.41. The van der Waals surface area contributed by atoms with E-state index in [1.807, 2.05) is 24.3 Å². The van der Waals surface area contributed by atoms with Crippen LogP contribution < -0.4 is 10.5 Å². The summed E-state index contributed by atoms with van der Waals surface area (Å²) in [6.07, 6.45) is 1.03. The molecule has 0 aromatic heterocycles. The van der Waals surface area contributed by atoms with Crippen molar-refractivity contribution in [1.29, 1.82) is 0 Å². The molecule has 0 aliphatic heterocycles. The summed E-state index contributed by atoms with van der Waals surface area (Å²) in [5.74, 6) is 0.821. The average molecular weight is 285 g/mol. The van der Waals surface area contributed by atoms with Gasteiger partial charge in [-0.15, -0.1) is 0 Å². The van der Waals surface area contributed by atoms with Gasteiger partial charge in [-0.1, -0.05) is 49.4 Å². The summed E-state index contributed by atoms with van der Waals surface area (Å²) in [6.45, 7) is 3.23. The van der Waals surface area contributed by atoms with Crippen LogP contribution in [0.2, 0.25) is 0 Å². The van der Waals surface area contributed by atoms with Crippen LogP contribution >= 0.6 is 0 Å². The maximum atomic E-state index is 6.40. The molecule has 0 heterocycles. The topological polar surface area (TPSA) is 44.5 Å². The zero-order valence-electron chi connectivity index (χ0n) is 12.7. The molecule has 1 atom stereocenters. The minimum atomic E-state index is -0.186. The van der Waals surface area contributed by atoms with E-state index in [2.05, 4.69) is 31.2 Å². The monoisotopic (exact) mass is 285 g/mol. The van der Waals surface area contributed by atoms with Crippen molar-refractivity contribution in [2.45, 2.75) is 19.4 Å². The number of ether oxygens (including phenoxy) is 2. The molecule has 2 aromatic carbocycles. The third-order valence-corrected chi connectivity index (χ3v) is 3.55. The molecule has 0 fully saturated rings. The van der Waals surface area contributed by atoms with E-state index in [4.69, 9.17) is 15.2 Å². The maximum Gasteiger partial charge on any atom is 0.124 e. The second-order valence-electron chi connectivity index (χ2n) is 4.95. The second-order valence-corrected chi connectivity index (χ2v) is 4.95. The van der Waals surface area contributed by atoms with Gasteiger partial charge in [0.05, 0.1) is 12.6 Å². The molecule has 0 amide bonds. The van der Waals surface area contributed by atoms with Gasteiger partial charge in [0.25, 0.3) is 0 Å². The smallest absolute Gasteiger partial charge is 0.124 e. The van der Waals surface area contributed by atoms with Crippen LogP contribution in [0.15, 0.2) is 48.5 Å². The van der Waals surface area contributed by atoms with Crippen molar-refractivity contribution in [2.75, 3.05) is 20.3 Å². The zero-order valence-corrected chi connectivity index (χ0v) is 12.7. The third-order valence-electron chi connectivity index (χ3n) is 3.55. The largest absolute Gasteiger partial charge is 0.491 e. The van der Waals surface area contributed by atoms with Gasteiger partial charge in [0.15, 0.2) is 0 Å². The van der Waals surface area contributed by atoms with Crippen molar-refractivity contribution in [3.8, 4) is 5.75 Å². The molecule has 0 bridgehead atoms. The molecule has 0 saturated carbocycles. The van der Waals surface area contributed by atoms with Crippen LogP contribution in [0.1, 0.15) is 29.7 Å². The SMILES string of the molecule is CCc1ccc(C(N)c2ccccc2OCCOC)cc1. The second kappa shape index (κ2) is 7.81. The summed E-state index contributed by atoms with van der Waals surface area (Å²) in [5, 5.41) is 0. The summed E-state index contributed by atoms with van der Waals surface area (Å²) in [4.78, 5) is 0. The van der Waals surface area contributed by atoms with E-state index in [-0.39, 0.29) is 6.04 Å². The van der Waals surface area contributed by atoms with E-state index in [9.17, 15) is 0 Å². The Kier molecular flexibility index (Phi) is 5.78. The van der Waals surface area contributed by atoms with Crippen molar-refractivity contribution in [2.24, 2.45) is 5.73 Å². The Hall–Kier alpha value is -1.84. The van der Waals surface area contributed by atoms with E-state index in [0.717, 1.165) is 23.3 Å². The third kappa shape index (κ3) is 4.06. The first-order chi connectivity index (χ1) is 10.3. The predicted octanol–water partition coefficient (Wildman–Crippen LogP) is 3.32. The lowest BCUT2D eigenvalue weighted by atomic mass is 9.97. The van der Waals surface area contributed by atoms with Crippen molar-refractivity contribution in [3.05, 3.63) is 65.2 Å². The van der Waals surface area contributed by atoms with Crippen LogP contribution in [0.25, 0.3) is 0 Å². The fourth-order valence-electron chi connectivity index (χ4n) is 2.24. The molecule has 3 heteroatoms. The molecule has 2 rings (SSSR count). The standard InChI is InChI=1S/C18H23NO2/c1-3-14-8-10-15(11-9-14)18(19)16-6-4-5-7-17(16)21-13-12-20-2/h4-11,18H,3,12-13,19H2,1-2H3. The molecule has 0 saturated heterocycles. The van der Waals surface area contributed by atoms with Crippen LogP contribution in [0, 0.1) is 0 Å². The predicted molar refractivity (Wildman–Crippen MR) is 85.7 cm³/mol. The Morgan fingerprint density at radius 3 is 2.38 bits per heavy atom. The van der Waals surface area contributed by atoms with E-state index in [1.165, 1.54) is 5.56 Å². The normalized spacial score (nSPS) is 12.1. The highest BCUT2D eigenvalue weighted by atomic mass is 16.5. The molecule has 3 nitrogen and oxygen atoms in total. The minimum Gasteiger partial charge on any atom is -0.491 e. The van der Waals surface area contributed by atoms with Crippen LogP contribution in [0.4, 0.5) is 0 Å². The van der Waals surface area contributed by atoms with Crippen LogP contribution in [-0.4, -0.2) is 20.3 Å². The molecule has 21 heavy (non-hydrogen) atoms. The Balaban J connectivity index is 2.19. The molecule has 1 unspecified atom stereocenters. The number of aryl methyl sites for hydroxylation is 1. The minimum absolute atomic E-state index is 0.186. The van der Waals surface area contributed by atoms with Gasteiger partial charge in [-0.05, 0) is 23.6 Å². The van der Waals surface area contributed by atoms with Crippen LogP contribution in [0.3, 0.4) is 0 Å². The Bertz CT molecular complexity index is 551. The first-order valence-electron chi connectivity index (χ1n) is 7.31. The number of hydrogen-bond donors (Lipinski definition) is 1. The number of para-hydroxylation sites is 1. The fourth-order valence-corrected chi connectivity index (χ4v) is 2.24. The van der Waals surface area contributed by atoms with E-state index >= 15 is 0 Å². The molecular weight excluding hydrogens is 262 g/mol. The van der Waals surface area contributed by atoms with Crippen molar-refractivity contribution >= 4 is 0 Å². The number of rotatable bonds is 7. The van der Waals surface area contributed by atoms with Gasteiger partial charge < -0.3 is 15.2 Å². The lowest BCUT2D eigenvalue weighted by molar-refractivity contribution is 0.145. The highest BCUT2D eigenvalue weighted by Crippen LogP contribution is 2.28. The molecule has 2 N–H and O–H groups in total. The Labute approximate surface area is 126 Å². The first-order valence-corrected chi connectivity index (χ1v) is 7.31. The van der Waals surface area contributed by atoms with Crippen LogP contribution in [0.5, 0.6) is 5.75 Å². The average Bonchev–Trinajstić information content (AvgIpc) is 2.55. The van der Waals surface area contributed by atoms with Gasteiger partial charge in [0.2, 0.25) is 0 Å². The van der Waals surface area contributed by atoms with Gasteiger partial charge in [0.1, 0.15) is 12.4 Å². The zero-order chi connectivity index (χ0) is 15.1. The van der Waals surface area contributed by atoms with Gasteiger partial charge in [-0.25, -0.2) is 0 Å². The number of nitrogens with two attached hydrogens (primary N) is 1. The molecule has 0 radical (unpaired) electrons. The van der Waals surface area contributed by atoms with E-state index < -0.39 is 0 Å². The van der Waals surface area contributed by atoms with Gasteiger partial charge in [-0.2, -0.15) is 0 Å². The number of methoxy groups -OCH3 is 1. The van der Waals surface area contributed by atoms with Crippen LogP contribution in [-0.2, 0) is 11.2 Å². The summed E-state index contributed by atoms with van der Waals surface area (Å²) in [6, 6.07) is 16.2. The Morgan fingerprint density at radius 2 is 1.71 bits per heavy atom. The number of hydrogen-bond acceptors (Lipinski definition) is 3. The van der Waals surface area contributed by atoms with E-state index in [0.29, 0.717) is 13.2 Å². The number of benzene rings is 2. The van der Waals surface area contributed by atoms with Crippen molar-refractivity contribution in [1.82, 2.24) is 0 Å². The summed E-state index contributed by atoms with van der Waals surface area (Å²) in [5.41, 5.74) is 9.81. The van der Waals surface area contributed by atoms with Crippen molar-refractivity contribution in [3.63, 3.8) is 0 Å². The lowest BCUT2D eigenvalue weighted by Gasteiger charge is -2.17. The molecule has 0 spiro atoms. The quantitative estimate of drug-likeness (QED) is 0.794. The van der Waals surface area contributed by atoms with Crippen molar-refractivity contribution < 1.29 is 9.47 Å². The van der Waals surface area contributed by atoms with E-state index in [1.54, 1.807) is 7.11 Å². The molecular formula is C18H23NO2. The maximum absolute atomic E-state index is 6.40. The first kappa shape index (κ1) is 15.5. The summed E-state index contributed by atoms with van der Waals surface area (Å²) >= 11 is 0. The molecule has 0 aliphatic carbocycles. The van der Waals surface area contributed by atoms with Gasteiger partial charge in [-0.3, -0.25) is 0 Å². The molecule has 2 aromatic rings.